The molecule has 3 N–H and O–H groups in total. The van der Waals surface area contributed by atoms with Gasteiger partial charge in [0.25, 0.3) is 0 Å². The Morgan fingerprint density at radius 3 is 2.76 bits per heavy atom. The average Bonchev–Trinajstić information content (AvgIpc) is 3.02. The van der Waals surface area contributed by atoms with Crippen LogP contribution in [0.1, 0.15) is 11.1 Å². The number of rotatable bonds is 3. The molecule has 25 heavy (non-hydrogen) atoms. The Morgan fingerprint density at radius 1 is 1.12 bits per heavy atom. The van der Waals surface area contributed by atoms with Gasteiger partial charge in [-0.25, -0.2) is 5.43 Å². The van der Waals surface area contributed by atoms with E-state index in [-0.39, 0.29) is 0 Å². The van der Waals surface area contributed by atoms with Crippen LogP contribution in [0.2, 0.25) is 5.02 Å². The number of carbonyl (C=O) groups is 2. The number of aromatic amines is 1. The fourth-order valence-corrected chi connectivity index (χ4v) is 2.51. The number of benzene rings is 2. The van der Waals surface area contributed by atoms with E-state index in [0.717, 1.165) is 16.5 Å². The Labute approximate surface area is 148 Å². The molecule has 0 aliphatic heterocycles. The lowest BCUT2D eigenvalue weighted by molar-refractivity contribution is -0.136. The number of H-pyrrole nitrogens is 1. The molecule has 0 unspecified atom stereocenters. The quantitative estimate of drug-likeness (QED) is 0.383. The third kappa shape index (κ3) is 3.70. The molecule has 6 nitrogen and oxygen atoms in total. The minimum Gasteiger partial charge on any atom is -0.361 e. The van der Waals surface area contributed by atoms with Crippen LogP contribution in [0, 0.1) is 6.92 Å². The molecule has 0 spiro atoms. The summed E-state index contributed by atoms with van der Waals surface area (Å²) in [7, 11) is 0. The Morgan fingerprint density at radius 2 is 1.92 bits per heavy atom. The van der Waals surface area contributed by atoms with Crippen molar-refractivity contribution in [3.8, 4) is 0 Å². The Kier molecular flexibility index (Phi) is 4.81. The molecule has 0 fully saturated rings. The van der Waals surface area contributed by atoms with E-state index in [4.69, 9.17) is 11.6 Å². The highest BCUT2D eigenvalue weighted by Gasteiger charge is 2.14. The van der Waals surface area contributed by atoms with Crippen molar-refractivity contribution < 1.29 is 9.59 Å². The largest absolute Gasteiger partial charge is 0.361 e. The molecule has 1 aromatic heterocycles. The third-order valence-corrected chi connectivity index (χ3v) is 4.12. The summed E-state index contributed by atoms with van der Waals surface area (Å²) >= 11 is 5.99. The van der Waals surface area contributed by atoms with Crippen LogP contribution in [0.5, 0.6) is 0 Å². The van der Waals surface area contributed by atoms with Crippen LogP contribution in [0.4, 0.5) is 5.69 Å². The summed E-state index contributed by atoms with van der Waals surface area (Å²) in [6, 6.07) is 12.8. The summed E-state index contributed by atoms with van der Waals surface area (Å²) in [6.45, 7) is 1.75. The van der Waals surface area contributed by atoms with Gasteiger partial charge >= 0.3 is 11.8 Å². The van der Waals surface area contributed by atoms with Gasteiger partial charge in [-0.2, -0.15) is 5.10 Å². The fraction of sp³-hybridized carbons (Fsp3) is 0.0556. The standard InChI is InChI=1S/C18H15ClN4O2/c1-11-14(19)6-4-8-15(11)22-17(24)18(25)23-21-10-12-9-20-16-7-3-2-5-13(12)16/h2-10,20H,1H3,(H,22,24)(H,23,25)/b21-10+. The zero-order valence-electron chi connectivity index (χ0n) is 13.3. The molecule has 3 rings (SSSR count). The van der Waals surface area contributed by atoms with Crippen molar-refractivity contribution in [2.24, 2.45) is 5.10 Å². The SMILES string of the molecule is Cc1c(Cl)cccc1NC(=O)C(=O)N/N=C/c1c[nH]c2ccccc12. The lowest BCUT2D eigenvalue weighted by Gasteiger charge is -2.08. The van der Waals surface area contributed by atoms with Crippen LogP contribution in [0.3, 0.4) is 0 Å². The Bertz CT molecular complexity index is 978. The molecule has 0 atom stereocenters. The van der Waals surface area contributed by atoms with Crippen molar-refractivity contribution in [1.82, 2.24) is 10.4 Å². The molecule has 0 saturated carbocycles. The van der Waals surface area contributed by atoms with E-state index in [0.29, 0.717) is 16.3 Å². The Balaban J connectivity index is 1.64. The molecule has 1 heterocycles. The molecule has 3 aromatic rings. The Hall–Kier alpha value is -3.12. The summed E-state index contributed by atoms with van der Waals surface area (Å²) in [5, 5.41) is 7.83. The van der Waals surface area contributed by atoms with Crippen LogP contribution in [0.25, 0.3) is 10.9 Å². The topological polar surface area (TPSA) is 86.3 Å². The van der Waals surface area contributed by atoms with E-state index in [2.05, 4.69) is 20.8 Å². The second-order valence-electron chi connectivity index (χ2n) is 5.36. The smallest absolute Gasteiger partial charge is 0.329 e. The number of hydrogen-bond donors (Lipinski definition) is 3. The molecule has 7 heteroatoms. The number of para-hydroxylation sites is 1. The van der Waals surface area contributed by atoms with E-state index in [1.807, 2.05) is 24.3 Å². The second-order valence-corrected chi connectivity index (χ2v) is 5.76. The first-order valence-corrected chi connectivity index (χ1v) is 7.89. The molecule has 0 aliphatic rings. The number of halogens is 1. The predicted octanol–water partition coefficient (Wildman–Crippen LogP) is 3.22. The number of amides is 2. The van der Waals surface area contributed by atoms with Gasteiger partial charge in [0.15, 0.2) is 0 Å². The van der Waals surface area contributed by atoms with Crippen molar-refractivity contribution >= 4 is 46.2 Å². The molecule has 2 aromatic carbocycles. The van der Waals surface area contributed by atoms with Gasteiger partial charge in [-0.15, -0.1) is 0 Å². The highest BCUT2D eigenvalue weighted by molar-refractivity contribution is 6.40. The maximum atomic E-state index is 11.9. The first kappa shape index (κ1) is 16.7. The first-order valence-electron chi connectivity index (χ1n) is 7.52. The van der Waals surface area contributed by atoms with E-state index in [1.165, 1.54) is 6.21 Å². The number of fused-ring (bicyclic) bond motifs is 1. The maximum absolute atomic E-state index is 11.9. The summed E-state index contributed by atoms with van der Waals surface area (Å²) in [5.74, 6) is -1.68. The van der Waals surface area contributed by atoms with Gasteiger partial charge in [-0.3, -0.25) is 9.59 Å². The van der Waals surface area contributed by atoms with Gasteiger partial charge in [0.1, 0.15) is 0 Å². The summed E-state index contributed by atoms with van der Waals surface area (Å²) in [4.78, 5) is 26.9. The lowest BCUT2D eigenvalue weighted by atomic mass is 10.2. The lowest BCUT2D eigenvalue weighted by Crippen LogP contribution is -2.32. The maximum Gasteiger partial charge on any atom is 0.329 e. The first-order chi connectivity index (χ1) is 12.1. The van der Waals surface area contributed by atoms with Crippen LogP contribution in [-0.4, -0.2) is 23.0 Å². The molecular formula is C18H15ClN4O2. The van der Waals surface area contributed by atoms with E-state index >= 15 is 0 Å². The van der Waals surface area contributed by atoms with Crippen molar-refractivity contribution in [2.75, 3.05) is 5.32 Å². The van der Waals surface area contributed by atoms with Crippen molar-refractivity contribution in [3.63, 3.8) is 0 Å². The normalized spacial score (nSPS) is 11.0. The highest BCUT2D eigenvalue weighted by atomic mass is 35.5. The van der Waals surface area contributed by atoms with Gasteiger partial charge in [0.2, 0.25) is 0 Å². The number of anilines is 1. The molecular weight excluding hydrogens is 340 g/mol. The molecule has 0 aliphatic carbocycles. The zero-order chi connectivity index (χ0) is 17.8. The molecule has 126 valence electrons. The van der Waals surface area contributed by atoms with Crippen molar-refractivity contribution in [2.45, 2.75) is 6.92 Å². The zero-order valence-corrected chi connectivity index (χ0v) is 14.1. The van der Waals surface area contributed by atoms with Gasteiger partial charge in [-0.05, 0) is 30.7 Å². The van der Waals surface area contributed by atoms with Crippen LogP contribution in [0.15, 0.2) is 53.8 Å². The average molecular weight is 355 g/mol. The van der Waals surface area contributed by atoms with Gasteiger partial charge in [0, 0.05) is 33.4 Å². The number of hydrogen-bond acceptors (Lipinski definition) is 3. The van der Waals surface area contributed by atoms with Crippen LogP contribution < -0.4 is 10.7 Å². The number of nitrogens with zero attached hydrogens (tertiary/aromatic N) is 1. The van der Waals surface area contributed by atoms with Crippen molar-refractivity contribution in [3.05, 3.63) is 64.8 Å². The summed E-state index contributed by atoms with van der Waals surface area (Å²) in [6.07, 6.45) is 3.25. The molecule has 0 radical (unpaired) electrons. The van der Waals surface area contributed by atoms with Crippen LogP contribution in [-0.2, 0) is 9.59 Å². The predicted molar refractivity (Wildman–Crippen MR) is 98.9 cm³/mol. The van der Waals surface area contributed by atoms with E-state index < -0.39 is 11.8 Å². The monoisotopic (exact) mass is 354 g/mol. The van der Waals surface area contributed by atoms with E-state index in [9.17, 15) is 9.59 Å². The molecule has 0 bridgehead atoms. The van der Waals surface area contributed by atoms with Gasteiger partial charge in [0.05, 0.1) is 6.21 Å². The minimum absolute atomic E-state index is 0.480. The van der Waals surface area contributed by atoms with Gasteiger partial charge in [-0.1, -0.05) is 35.9 Å². The molecule has 0 saturated heterocycles. The van der Waals surface area contributed by atoms with E-state index in [1.54, 1.807) is 31.3 Å². The van der Waals surface area contributed by atoms with Gasteiger partial charge < -0.3 is 10.3 Å². The number of hydrazone groups is 1. The summed E-state index contributed by atoms with van der Waals surface area (Å²) in [5.41, 5.74) is 5.15. The number of nitrogens with one attached hydrogen (secondary N) is 3. The third-order valence-electron chi connectivity index (χ3n) is 3.71. The molecule has 2 amide bonds. The van der Waals surface area contributed by atoms with Crippen molar-refractivity contribution in [1.29, 1.82) is 0 Å². The number of aromatic nitrogens is 1. The summed E-state index contributed by atoms with van der Waals surface area (Å²) < 4.78 is 0. The highest BCUT2D eigenvalue weighted by Crippen LogP contribution is 2.22. The minimum atomic E-state index is -0.865. The van der Waals surface area contributed by atoms with Crippen LogP contribution >= 0.6 is 11.6 Å². The second kappa shape index (κ2) is 7.19. The fourth-order valence-electron chi connectivity index (χ4n) is 2.33. The number of carbonyl (C=O) groups excluding carboxylic acids is 2.